The van der Waals surface area contributed by atoms with Gasteiger partial charge in [-0.2, -0.15) is 10.2 Å². The highest BCUT2D eigenvalue weighted by Gasteiger charge is 2.39. The first-order valence-electron chi connectivity index (χ1n) is 9.31. The number of rotatable bonds is 5. The first-order chi connectivity index (χ1) is 14.0. The lowest BCUT2D eigenvalue weighted by Gasteiger charge is -2.23. The molecule has 3 heterocycles. The van der Waals surface area contributed by atoms with E-state index in [0.29, 0.717) is 27.7 Å². The summed E-state index contributed by atoms with van der Waals surface area (Å²) >= 11 is 6.77. The average Bonchev–Trinajstić information content (AvgIpc) is 3.39. The van der Waals surface area contributed by atoms with Crippen molar-refractivity contribution in [3.05, 3.63) is 47.9 Å². The Hall–Kier alpha value is -2.76. The van der Waals surface area contributed by atoms with Crippen LogP contribution < -0.4 is 10.2 Å². The number of carbonyl (C=O) groups is 1. The number of fused-ring (bicyclic) bond motifs is 1. The highest BCUT2D eigenvalue weighted by atomic mass is 35.5. The molecule has 29 heavy (non-hydrogen) atoms. The van der Waals surface area contributed by atoms with Crippen LogP contribution >= 0.6 is 11.3 Å². The molecule has 0 aliphatic carbocycles. The van der Waals surface area contributed by atoms with E-state index < -0.39 is 4.87 Å². The van der Waals surface area contributed by atoms with Crippen molar-refractivity contribution in [3.8, 4) is 6.07 Å². The summed E-state index contributed by atoms with van der Waals surface area (Å²) in [6.45, 7) is 2.89. The topological polar surface area (TPSA) is 94.8 Å². The van der Waals surface area contributed by atoms with Gasteiger partial charge >= 0.3 is 4.87 Å². The van der Waals surface area contributed by atoms with Crippen LogP contribution in [0.15, 0.2) is 36.7 Å². The second-order valence-electron chi connectivity index (χ2n) is 7.07. The lowest BCUT2D eigenvalue weighted by atomic mass is 10.1. The van der Waals surface area contributed by atoms with Crippen LogP contribution in [0.4, 0.5) is 5.13 Å². The van der Waals surface area contributed by atoms with E-state index in [9.17, 15) is 10.1 Å². The summed E-state index contributed by atoms with van der Waals surface area (Å²) in [6, 6.07) is 11.7. The second-order valence-corrected chi connectivity index (χ2v) is 8.87. The van der Waals surface area contributed by atoms with Gasteiger partial charge in [0.1, 0.15) is 40.4 Å². The van der Waals surface area contributed by atoms with Crippen LogP contribution in [0.2, 0.25) is 0 Å². The number of thiazole rings is 1. The molecule has 1 amide bonds. The van der Waals surface area contributed by atoms with E-state index in [1.165, 1.54) is 17.7 Å². The van der Waals surface area contributed by atoms with Gasteiger partial charge in [0.25, 0.3) is 0 Å². The number of carbonyl (C=O) groups excluding carboxylic acids is 1. The summed E-state index contributed by atoms with van der Waals surface area (Å²) in [5.74, 6) is -0.0120. The molecule has 0 radical (unpaired) electrons. The zero-order chi connectivity index (χ0) is 20.4. The average molecular weight is 428 g/mol. The summed E-state index contributed by atoms with van der Waals surface area (Å²) < 4.78 is 0.705. The van der Waals surface area contributed by atoms with Gasteiger partial charge in [0.2, 0.25) is 5.91 Å². The summed E-state index contributed by atoms with van der Waals surface area (Å²) in [4.78, 5) is 26.8. The molecule has 1 N–H and O–H groups in total. The van der Waals surface area contributed by atoms with E-state index in [1.54, 1.807) is 6.92 Å². The first kappa shape index (κ1) is 19.6. The molecule has 0 saturated carbocycles. The van der Waals surface area contributed by atoms with E-state index in [1.807, 2.05) is 35.2 Å². The van der Waals surface area contributed by atoms with Crippen molar-refractivity contribution in [1.82, 2.24) is 20.3 Å². The predicted molar refractivity (Wildman–Crippen MR) is 108 cm³/mol. The van der Waals surface area contributed by atoms with Crippen LogP contribution in [0.1, 0.15) is 31.0 Å². The molecule has 2 atom stereocenters. The number of halogens is 1. The molecule has 1 fully saturated rings. The van der Waals surface area contributed by atoms with Crippen molar-refractivity contribution in [2.24, 2.45) is 0 Å². The number of nitrogens with one attached hydrogen (secondary N) is 1. The van der Waals surface area contributed by atoms with E-state index in [4.69, 9.17) is 11.6 Å². The van der Waals surface area contributed by atoms with Crippen molar-refractivity contribution in [2.45, 2.75) is 37.2 Å². The standard InChI is InChI=1S/C20H19ClN6OS/c1-20(21,11-22)16-15-17(25-12-24-16)26-19(29-15)27-9-5-8-14(27)18(28)23-10-13-6-3-2-4-7-13/h2-4,6-7,12,14,21H,5,8-10H2,1H3/p+1/t14-,20?/m1/s1. The van der Waals surface area contributed by atoms with Gasteiger partial charge in [-0.25, -0.2) is 9.97 Å². The third-order valence-corrected chi connectivity index (χ3v) is 6.33. The molecule has 0 bridgehead atoms. The van der Waals surface area contributed by atoms with Crippen molar-refractivity contribution >= 4 is 32.7 Å². The second kappa shape index (κ2) is 7.93. The molecule has 1 aliphatic heterocycles. The number of hydrogen-bond acceptors (Lipinski definition) is 7. The normalized spacial score (nSPS) is 18.4. The number of alkyl halides is 1. The largest absolute Gasteiger partial charge is 0.350 e. The van der Waals surface area contributed by atoms with Gasteiger partial charge in [0.15, 0.2) is 10.8 Å². The minimum absolute atomic E-state index is 0.0120. The number of nitrogens with zero attached hydrogens (tertiary/aromatic N) is 5. The molecule has 7 nitrogen and oxygen atoms in total. The summed E-state index contributed by atoms with van der Waals surface area (Å²) in [7, 11) is 0. The first-order valence-corrected chi connectivity index (χ1v) is 10.5. The molecular weight excluding hydrogens is 408 g/mol. The lowest BCUT2D eigenvalue weighted by molar-refractivity contribution is -0.459. The smallest absolute Gasteiger partial charge is 0.312 e. The Morgan fingerprint density at radius 3 is 2.97 bits per heavy atom. The van der Waals surface area contributed by atoms with Crippen LogP contribution in [0, 0.1) is 22.9 Å². The Labute approximate surface area is 177 Å². The van der Waals surface area contributed by atoms with E-state index in [0.717, 1.165) is 24.9 Å². The number of benzene rings is 1. The predicted octanol–water partition coefficient (Wildman–Crippen LogP) is 2.39. The number of aromatic nitrogens is 3. The van der Waals surface area contributed by atoms with E-state index in [2.05, 4.69) is 26.3 Å². The molecular formula is C20H20ClN6OS+. The molecule has 1 aromatic carbocycles. The maximum Gasteiger partial charge on any atom is 0.312 e. The van der Waals surface area contributed by atoms with Crippen molar-refractivity contribution in [1.29, 1.82) is 5.26 Å². The molecule has 4 rings (SSSR count). The number of hydrogen-bond donors (Lipinski definition) is 1. The highest BCUT2D eigenvalue weighted by Crippen LogP contribution is 2.36. The molecule has 1 aliphatic rings. The number of nitriles is 1. The summed E-state index contributed by atoms with van der Waals surface area (Å²) in [5.41, 5.74) is 2.07. The lowest BCUT2D eigenvalue weighted by Crippen LogP contribution is -2.43. The number of amides is 1. The maximum absolute atomic E-state index is 12.8. The van der Waals surface area contributed by atoms with Crippen LogP contribution in [0.25, 0.3) is 10.3 Å². The highest BCUT2D eigenvalue weighted by molar-refractivity contribution is 7.22. The monoisotopic (exact) mass is 427 g/mol. The van der Waals surface area contributed by atoms with E-state index >= 15 is 0 Å². The van der Waals surface area contributed by atoms with Crippen LogP contribution in [-0.4, -0.2) is 33.4 Å². The molecule has 1 saturated heterocycles. The summed E-state index contributed by atoms with van der Waals surface area (Å²) in [5, 5.41) is 13.1. The summed E-state index contributed by atoms with van der Waals surface area (Å²) in [6.07, 6.45) is 3.07. The number of anilines is 1. The molecule has 2 aromatic heterocycles. The molecule has 3 aromatic rings. The third kappa shape index (κ3) is 3.88. The minimum atomic E-state index is -1.15. The Balaban J connectivity index is 1.57. The van der Waals surface area contributed by atoms with Gasteiger partial charge in [-0.05, 0) is 18.4 Å². The molecule has 1 unspecified atom stereocenters. The van der Waals surface area contributed by atoms with Crippen molar-refractivity contribution in [2.75, 3.05) is 11.4 Å². The van der Waals surface area contributed by atoms with Gasteiger partial charge in [-0.1, -0.05) is 41.7 Å². The Morgan fingerprint density at radius 2 is 2.21 bits per heavy atom. The quantitative estimate of drug-likeness (QED) is 0.628. The fourth-order valence-electron chi connectivity index (χ4n) is 3.43. The zero-order valence-electron chi connectivity index (χ0n) is 15.8. The Kier molecular flexibility index (Phi) is 5.35. The SMILES string of the molecule is CC([ClH+])(C#N)c1ncnc2nc(N3CCC[C@@H]3C(=O)NCc3ccccc3)sc12. The molecule has 9 heteroatoms. The molecule has 0 spiro atoms. The van der Waals surface area contributed by atoms with Crippen LogP contribution in [-0.2, 0) is 16.2 Å². The van der Waals surface area contributed by atoms with Crippen LogP contribution in [0.3, 0.4) is 0 Å². The Morgan fingerprint density at radius 1 is 1.41 bits per heavy atom. The Bertz CT molecular complexity index is 1080. The van der Waals surface area contributed by atoms with Gasteiger partial charge in [0.05, 0.1) is 0 Å². The molecule has 148 valence electrons. The van der Waals surface area contributed by atoms with Gasteiger partial charge < -0.3 is 10.2 Å². The van der Waals surface area contributed by atoms with Gasteiger partial charge in [0, 0.05) is 20.0 Å². The van der Waals surface area contributed by atoms with Crippen LogP contribution in [0.5, 0.6) is 0 Å². The fraction of sp³-hybridized carbons (Fsp3) is 0.350. The fourth-order valence-corrected chi connectivity index (χ4v) is 4.84. The van der Waals surface area contributed by atoms with Gasteiger partial charge in [-0.15, -0.1) is 0 Å². The zero-order valence-corrected chi connectivity index (χ0v) is 17.5. The maximum atomic E-state index is 12.8. The van der Waals surface area contributed by atoms with Gasteiger partial charge in [-0.3, -0.25) is 4.79 Å². The third-order valence-electron chi connectivity index (χ3n) is 4.96. The minimum Gasteiger partial charge on any atom is -0.350 e. The van der Waals surface area contributed by atoms with E-state index in [-0.39, 0.29) is 11.9 Å². The van der Waals surface area contributed by atoms with Crippen molar-refractivity contribution < 1.29 is 16.4 Å². The van der Waals surface area contributed by atoms with Crippen molar-refractivity contribution in [3.63, 3.8) is 0 Å².